The van der Waals surface area contributed by atoms with Crippen LogP contribution in [0.15, 0.2) is 12.7 Å². The van der Waals surface area contributed by atoms with E-state index in [1.54, 1.807) is 0 Å². The quantitative estimate of drug-likeness (QED) is 0.597. The molecule has 1 N–H and O–H groups in total. The first kappa shape index (κ1) is 16.6. The standard InChI is InChI=1S/C12H27NO2Si2/c1-9-10(13(2)17(6,7)8)11(12(14)15)16(3,4)5/h9-11H,1H2,2-8H3,(H,14,15). The summed E-state index contributed by atoms with van der Waals surface area (Å²) in [4.78, 5) is 11.6. The van der Waals surface area contributed by atoms with Crippen LogP contribution < -0.4 is 0 Å². The summed E-state index contributed by atoms with van der Waals surface area (Å²) in [5.74, 6) is -0.681. The van der Waals surface area contributed by atoms with Crippen LogP contribution in [0.3, 0.4) is 0 Å². The van der Waals surface area contributed by atoms with Gasteiger partial charge in [-0.05, 0) is 7.05 Å². The van der Waals surface area contributed by atoms with Gasteiger partial charge in [-0.15, -0.1) is 6.58 Å². The summed E-state index contributed by atoms with van der Waals surface area (Å²) in [6.07, 6.45) is 1.81. The van der Waals surface area contributed by atoms with Crippen LogP contribution in [0, 0.1) is 0 Å². The molecule has 0 bridgehead atoms. The molecule has 0 aliphatic rings. The van der Waals surface area contributed by atoms with E-state index in [1.807, 2.05) is 13.1 Å². The smallest absolute Gasteiger partial charge is 0.305 e. The van der Waals surface area contributed by atoms with Gasteiger partial charge in [-0.25, -0.2) is 0 Å². The largest absolute Gasteiger partial charge is 0.481 e. The normalized spacial score (nSPS) is 16.7. The predicted octanol–water partition coefficient (Wildman–Crippen LogP) is 3.10. The summed E-state index contributed by atoms with van der Waals surface area (Å²) >= 11 is 0. The molecule has 0 amide bonds. The number of nitrogens with zero attached hydrogens (tertiary/aromatic N) is 1. The molecule has 0 aromatic heterocycles. The molecular weight excluding hydrogens is 246 g/mol. The Hall–Kier alpha value is -0.396. The van der Waals surface area contributed by atoms with E-state index >= 15 is 0 Å². The van der Waals surface area contributed by atoms with Crippen LogP contribution in [0.4, 0.5) is 0 Å². The Morgan fingerprint density at radius 1 is 1.24 bits per heavy atom. The Morgan fingerprint density at radius 2 is 1.65 bits per heavy atom. The summed E-state index contributed by atoms with van der Waals surface area (Å²) in [5, 5.41) is 9.50. The second-order valence-corrected chi connectivity index (χ2v) is 17.1. The number of likely N-dealkylation sites (N-methyl/N-ethyl adjacent to an activating group) is 1. The van der Waals surface area contributed by atoms with E-state index in [9.17, 15) is 9.90 Å². The van der Waals surface area contributed by atoms with Crippen molar-refractivity contribution in [1.82, 2.24) is 4.57 Å². The van der Waals surface area contributed by atoms with Crippen molar-refractivity contribution in [3.8, 4) is 0 Å². The number of rotatable bonds is 6. The van der Waals surface area contributed by atoms with E-state index in [4.69, 9.17) is 0 Å². The molecule has 17 heavy (non-hydrogen) atoms. The van der Waals surface area contributed by atoms with Crippen molar-refractivity contribution in [3.63, 3.8) is 0 Å². The first-order valence-electron chi connectivity index (χ1n) is 6.01. The highest BCUT2D eigenvalue weighted by Gasteiger charge is 2.42. The highest BCUT2D eigenvalue weighted by Crippen LogP contribution is 2.31. The second-order valence-electron chi connectivity index (χ2n) is 6.69. The molecule has 100 valence electrons. The predicted molar refractivity (Wildman–Crippen MR) is 79.8 cm³/mol. The molecule has 2 unspecified atom stereocenters. The fourth-order valence-corrected chi connectivity index (χ4v) is 5.42. The Morgan fingerprint density at radius 3 is 1.82 bits per heavy atom. The van der Waals surface area contributed by atoms with Gasteiger partial charge in [0.05, 0.1) is 13.6 Å². The highest BCUT2D eigenvalue weighted by molar-refractivity contribution is 6.81. The van der Waals surface area contributed by atoms with Crippen LogP contribution in [-0.4, -0.2) is 45.0 Å². The van der Waals surface area contributed by atoms with Gasteiger partial charge >= 0.3 is 5.97 Å². The molecule has 0 aliphatic heterocycles. The van der Waals surface area contributed by atoms with E-state index in [1.165, 1.54) is 0 Å². The lowest BCUT2D eigenvalue weighted by Gasteiger charge is -2.42. The molecule has 0 saturated carbocycles. The van der Waals surface area contributed by atoms with Crippen LogP contribution in [0.1, 0.15) is 0 Å². The molecule has 2 atom stereocenters. The average Bonchev–Trinajstić information content (AvgIpc) is 2.08. The van der Waals surface area contributed by atoms with E-state index in [-0.39, 0.29) is 11.6 Å². The van der Waals surface area contributed by atoms with Crippen LogP contribution in [0.5, 0.6) is 0 Å². The highest BCUT2D eigenvalue weighted by atomic mass is 28.3. The first-order chi connectivity index (χ1) is 7.42. The van der Waals surface area contributed by atoms with E-state index in [0.29, 0.717) is 0 Å². The summed E-state index contributed by atoms with van der Waals surface area (Å²) in [6.45, 7) is 16.9. The maximum atomic E-state index is 11.6. The Balaban J connectivity index is 5.34. The van der Waals surface area contributed by atoms with Gasteiger partial charge in [-0.3, -0.25) is 4.79 Å². The van der Waals surface area contributed by atoms with Crippen LogP contribution in [0.25, 0.3) is 0 Å². The number of hydrogen-bond donors (Lipinski definition) is 1. The number of carbonyl (C=O) groups is 1. The Kier molecular flexibility index (Phi) is 5.37. The molecule has 5 heteroatoms. The van der Waals surface area contributed by atoms with Crippen molar-refractivity contribution in [3.05, 3.63) is 12.7 Å². The van der Waals surface area contributed by atoms with Crippen molar-refractivity contribution in [2.24, 2.45) is 0 Å². The molecule has 0 fully saturated rings. The lowest BCUT2D eigenvalue weighted by Crippen LogP contribution is -2.55. The summed E-state index contributed by atoms with van der Waals surface area (Å²) < 4.78 is 2.25. The molecule has 0 aromatic rings. The van der Waals surface area contributed by atoms with Crippen molar-refractivity contribution in [2.75, 3.05) is 7.05 Å². The van der Waals surface area contributed by atoms with Gasteiger partial charge in [0.15, 0.2) is 0 Å². The number of hydrogen-bond acceptors (Lipinski definition) is 2. The summed E-state index contributed by atoms with van der Waals surface area (Å²) in [6, 6.07) is -0.0502. The maximum absolute atomic E-state index is 11.6. The van der Waals surface area contributed by atoms with Gasteiger partial charge < -0.3 is 9.67 Å². The molecule has 0 spiro atoms. The Labute approximate surface area is 108 Å². The van der Waals surface area contributed by atoms with Gasteiger partial charge in [-0.1, -0.05) is 45.4 Å². The maximum Gasteiger partial charge on any atom is 0.305 e. The fourth-order valence-electron chi connectivity index (χ4n) is 1.99. The van der Waals surface area contributed by atoms with Gasteiger partial charge in [-0.2, -0.15) is 0 Å². The lowest BCUT2D eigenvalue weighted by atomic mass is 10.2. The molecule has 0 aromatic carbocycles. The molecule has 0 rings (SSSR count). The minimum atomic E-state index is -1.77. The van der Waals surface area contributed by atoms with E-state index < -0.39 is 22.3 Å². The zero-order chi connectivity index (χ0) is 14.0. The second kappa shape index (κ2) is 5.50. The fraction of sp³-hybridized carbons (Fsp3) is 0.750. The topological polar surface area (TPSA) is 40.5 Å². The number of carboxylic acids is 1. The number of carboxylic acid groups (broad SMARTS) is 1. The first-order valence-corrected chi connectivity index (χ1v) is 13.0. The zero-order valence-electron chi connectivity index (χ0n) is 12.2. The zero-order valence-corrected chi connectivity index (χ0v) is 14.2. The third-order valence-electron chi connectivity index (χ3n) is 3.29. The van der Waals surface area contributed by atoms with Gasteiger partial charge in [0, 0.05) is 6.04 Å². The molecule has 0 aliphatic carbocycles. The molecular formula is C12H27NO2Si2. The van der Waals surface area contributed by atoms with E-state index in [0.717, 1.165) is 0 Å². The number of aliphatic carboxylic acids is 1. The van der Waals surface area contributed by atoms with Crippen molar-refractivity contribution in [2.45, 2.75) is 50.9 Å². The minimum absolute atomic E-state index is 0.0502. The SMILES string of the molecule is C=CC(C(C(=O)O)[Si](C)(C)C)N(C)[Si](C)(C)C. The summed E-state index contributed by atoms with van der Waals surface area (Å²) in [5.41, 5.74) is -0.295. The third-order valence-corrected chi connectivity index (χ3v) is 8.16. The van der Waals surface area contributed by atoms with Crippen LogP contribution in [0.2, 0.25) is 44.8 Å². The monoisotopic (exact) mass is 273 g/mol. The van der Waals surface area contributed by atoms with Crippen molar-refractivity contribution < 1.29 is 9.90 Å². The Bertz CT molecular complexity index is 292. The van der Waals surface area contributed by atoms with Gasteiger partial charge in [0.1, 0.15) is 8.24 Å². The van der Waals surface area contributed by atoms with Gasteiger partial charge in [0.25, 0.3) is 0 Å². The molecule has 3 nitrogen and oxygen atoms in total. The van der Waals surface area contributed by atoms with Crippen molar-refractivity contribution >= 4 is 22.3 Å². The van der Waals surface area contributed by atoms with Crippen LogP contribution in [-0.2, 0) is 4.79 Å². The van der Waals surface area contributed by atoms with E-state index in [2.05, 4.69) is 50.4 Å². The lowest BCUT2D eigenvalue weighted by molar-refractivity contribution is -0.137. The summed E-state index contributed by atoms with van der Waals surface area (Å²) in [7, 11) is -1.24. The van der Waals surface area contributed by atoms with Gasteiger partial charge in [0.2, 0.25) is 0 Å². The van der Waals surface area contributed by atoms with Crippen LogP contribution >= 0.6 is 0 Å². The molecule has 0 saturated heterocycles. The molecule has 0 heterocycles. The van der Waals surface area contributed by atoms with Crippen molar-refractivity contribution in [1.29, 1.82) is 0 Å². The minimum Gasteiger partial charge on any atom is -0.481 e. The average molecular weight is 274 g/mol. The molecule has 0 radical (unpaired) electrons. The third kappa shape index (κ3) is 4.40.